The van der Waals surface area contributed by atoms with Gasteiger partial charge in [0.1, 0.15) is 0 Å². The Morgan fingerprint density at radius 3 is 3.07 bits per heavy atom. The summed E-state index contributed by atoms with van der Waals surface area (Å²) in [6.07, 6.45) is 1.62. The van der Waals surface area contributed by atoms with Crippen LogP contribution in [0.4, 0.5) is 0 Å². The second-order valence-corrected chi connectivity index (χ2v) is 4.86. The van der Waals surface area contributed by atoms with Crippen molar-refractivity contribution in [2.24, 2.45) is 5.73 Å². The van der Waals surface area contributed by atoms with E-state index in [0.717, 1.165) is 22.2 Å². The molecule has 2 rings (SSSR count). The quantitative estimate of drug-likeness (QED) is 0.938. The molecule has 0 bridgehead atoms. The average Bonchev–Trinajstić information content (AvgIpc) is 2.83. The number of aryl methyl sites for hydroxylation is 1. The molecular weight excluding hydrogens is 278 g/mol. The third kappa shape index (κ3) is 2.64. The van der Waals surface area contributed by atoms with Crippen molar-refractivity contribution in [1.29, 1.82) is 0 Å². The van der Waals surface area contributed by atoms with Crippen LogP contribution in [-0.2, 0) is 6.42 Å². The lowest BCUT2D eigenvalue weighted by molar-refractivity contribution is 0.377. The van der Waals surface area contributed by atoms with E-state index in [2.05, 4.69) is 26.1 Å². The second-order valence-electron chi connectivity index (χ2n) is 3.03. The van der Waals surface area contributed by atoms with Gasteiger partial charge in [-0.3, -0.25) is 0 Å². The number of thiophene rings is 1. The van der Waals surface area contributed by atoms with Gasteiger partial charge in [-0.15, -0.1) is 11.3 Å². The molecule has 0 aliphatic rings. The molecule has 2 aromatic rings. The van der Waals surface area contributed by atoms with E-state index in [9.17, 15) is 0 Å². The maximum absolute atomic E-state index is 5.40. The molecule has 0 aliphatic heterocycles. The van der Waals surface area contributed by atoms with E-state index in [4.69, 9.17) is 10.3 Å². The first-order valence-electron chi connectivity index (χ1n) is 4.56. The minimum atomic E-state index is 0.641. The first-order valence-corrected chi connectivity index (χ1v) is 6.24. The number of aromatic nitrogens is 2. The zero-order valence-corrected chi connectivity index (χ0v) is 10.3. The summed E-state index contributed by atoms with van der Waals surface area (Å²) in [6.45, 7) is 0.641. The zero-order chi connectivity index (χ0) is 10.7. The fourth-order valence-electron chi connectivity index (χ4n) is 1.14. The molecule has 0 aromatic carbocycles. The molecule has 0 atom stereocenters. The topological polar surface area (TPSA) is 64.9 Å². The van der Waals surface area contributed by atoms with Gasteiger partial charge in [-0.2, -0.15) is 4.98 Å². The van der Waals surface area contributed by atoms with Crippen LogP contribution in [0.3, 0.4) is 0 Å². The van der Waals surface area contributed by atoms with Crippen LogP contribution in [-0.4, -0.2) is 16.7 Å². The van der Waals surface area contributed by atoms with Gasteiger partial charge in [0, 0.05) is 16.3 Å². The number of nitrogens with zero attached hydrogens (tertiary/aromatic N) is 2. The lowest BCUT2D eigenvalue weighted by Crippen LogP contribution is -2.00. The van der Waals surface area contributed by atoms with Crippen molar-refractivity contribution < 1.29 is 4.52 Å². The monoisotopic (exact) mass is 287 g/mol. The first kappa shape index (κ1) is 10.8. The third-order valence-electron chi connectivity index (χ3n) is 1.85. The highest BCUT2D eigenvalue weighted by Crippen LogP contribution is 2.27. The number of hydrogen-bond acceptors (Lipinski definition) is 5. The van der Waals surface area contributed by atoms with Crippen LogP contribution in [0.1, 0.15) is 12.3 Å². The van der Waals surface area contributed by atoms with Crippen molar-refractivity contribution in [3.63, 3.8) is 0 Å². The van der Waals surface area contributed by atoms with Gasteiger partial charge < -0.3 is 10.3 Å². The van der Waals surface area contributed by atoms with Crippen molar-refractivity contribution in [2.45, 2.75) is 12.8 Å². The van der Waals surface area contributed by atoms with Crippen LogP contribution in [0.5, 0.6) is 0 Å². The SMILES string of the molecule is NCCCc1nc(-c2cc(Br)cs2)no1. The fourth-order valence-corrected chi connectivity index (χ4v) is 2.49. The van der Waals surface area contributed by atoms with Crippen molar-refractivity contribution in [3.05, 3.63) is 21.8 Å². The molecular formula is C9H10BrN3OS. The minimum Gasteiger partial charge on any atom is -0.339 e. The highest BCUT2D eigenvalue weighted by atomic mass is 79.9. The van der Waals surface area contributed by atoms with E-state index >= 15 is 0 Å². The Balaban J connectivity index is 2.13. The normalized spacial score (nSPS) is 10.8. The van der Waals surface area contributed by atoms with Gasteiger partial charge in [-0.05, 0) is 35.0 Å². The van der Waals surface area contributed by atoms with E-state index in [1.807, 2.05) is 11.4 Å². The minimum absolute atomic E-state index is 0.641. The zero-order valence-electron chi connectivity index (χ0n) is 7.94. The molecule has 0 amide bonds. The summed E-state index contributed by atoms with van der Waals surface area (Å²) in [5.74, 6) is 1.30. The maximum atomic E-state index is 5.40. The summed E-state index contributed by atoms with van der Waals surface area (Å²) < 4.78 is 6.14. The predicted molar refractivity (Wildman–Crippen MR) is 62.7 cm³/mol. The molecule has 0 unspecified atom stereocenters. The van der Waals surface area contributed by atoms with Gasteiger partial charge in [-0.25, -0.2) is 0 Å². The summed E-state index contributed by atoms with van der Waals surface area (Å²) in [5, 5.41) is 5.91. The second kappa shape index (κ2) is 4.87. The van der Waals surface area contributed by atoms with Gasteiger partial charge in [-0.1, -0.05) is 5.16 Å². The Morgan fingerprint density at radius 2 is 2.40 bits per heavy atom. The molecule has 2 heterocycles. The molecule has 2 N–H and O–H groups in total. The Morgan fingerprint density at radius 1 is 1.53 bits per heavy atom. The fraction of sp³-hybridized carbons (Fsp3) is 0.333. The Hall–Kier alpha value is -0.720. The molecule has 0 radical (unpaired) electrons. The Labute approximate surface area is 99.6 Å². The van der Waals surface area contributed by atoms with Crippen molar-refractivity contribution in [2.75, 3.05) is 6.54 Å². The lowest BCUT2D eigenvalue weighted by atomic mass is 10.3. The molecule has 0 aliphatic carbocycles. The van der Waals surface area contributed by atoms with Gasteiger partial charge in [0.25, 0.3) is 0 Å². The number of nitrogens with two attached hydrogens (primary N) is 1. The molecule has 2 aromatic heterocycles. The number of rotatable bonds is 4. The van der Waals surface area contributed by atoms with Gasteiger partial charge in [0.15, 0.2) is 0 Å². The van der Waals surface area contributed by atoms with Crippen molar-refractivity contribution >= 4 is 27.3 Å². The highest BCUT2D eigenvalue weighted by Gasteiger charge is 2.09. The maximum Gasteiger partial charge on any atom is 0.227 e. The molecule has 6 heteroatoms. The summed E-state index contributed by atoms with van der Waals surface area (Å²) >= 11 is 4.97. The first-order chi connectivity index (χ1) is 7.29. The van der Waals surface area contributed by atoms with Crippen LogP contribution >= 0.6 is 27.3 Å². The molecule has 0 fully saturated rings. The van der Waals surface area contributed by atoms with E-state index in [0.29, 0.717) is 18.3 Å². The summed E-state index contributed by atoms with van der Waals surface area (Å²) in [5.41, 5.74) is 5.40. The van der Waals surface area contributed by atoms with Crippen LogP contribution in [0, 0.1) is 0 Å². The predicted octanol–water partition coefficient (Wildman–Crippen LogP) is 2.45. The number of halogens is 1. The van der Waals surface area contributed by atoms with Crippen LogP contribution in [0.25, 0.3) is 10.7 Å². The smallest absolute Gasteiger partial charge is 0.227 e. The van der Waals surface area contributed by atoms with Crippen LogP contribution in [0.15, 0.2) is 20.4 Å². The molecule has 0 saturated carbocycles. The molecule has 0 spiro atoms. The van der Waals surface area contributed by atoms with E-state index in [-0.39, 0.29) is 0 Å². The van der Waals surface area contributed by atoms with E-state index < -0.39 is 0 Å². The Kier molecular flexibility index (Phi) is 3.50. The summed E-state index contributed by atoms with van der Waals surface area (Å²) in [4.78, 5) is 5.29. The third-order valence-corrected chi connectivity index (χ3v) is 3.54. The van der Waals surface area contributed by atoms with Gasteiger partial charge >= 0.3 is 0 Å². The average molecular weight is 288 g/mol. The molecule has 80 valence electrons. The standard InChI is InChI=1S/C9H10BrN3OS/c10-6-4-7(15-5-6)9-12-8(14-13-9)2-1-3-11/h4-5H,1-3,11H2. The largest absolute Gasteiger partial charge is 0.339 e. The molecule has 4 nitrogen and oxygen atoms in total. The van der Waals surface area contributed by atoms with Crippen LogP contribution in [0.2, 0.25) is 0 Å². The molecule has 0 saturated heterocycles. The highest BCUT2D eigenvalue weighted by molar-refractivity contribution is 9.10. The van der Waals surface area contributed by atoms with E-state index in [1.54, 1.807) is 11.3 Å². The van der Waals surface area contributed by atoms with Gasteiger partial charge in [0.05, 0.1) is 4.88 Å². The van der Waals surface area contributed by atoms with Gasteiger partial charge in [0.2, 0.25) is 11.7 Å². The lowest BCUT2D eigenvalue weighted by Gasteiger charge is -1.88. The van der Waals surface area contributed by atoms with Crippen molar-refractivity contribution in [1.82, 2.24) is 10.1 Å². The molecule has 15 heavy (non-hydrogen) atoms. The summed E-state index contributed by atoms with van der Waals surface area (Å²) in [6, 6.07) is 1.97. The van der Waals surface area contributed by atoms with Crippen molar-refractivity contribution in [3.8, 4) is 10.7 Å². The summed E-state index contributed by atoms with van der Waals surface area (Å²) in [7, 11) is 0. The van der Waals surface area contributed by atoms with Crippen LogP contribution < -0.4 is 5.73 Å². The Bertz CT molecular complexity index is 440. The van der Waals surface area contributed by atoms with E-state index in [1.165, 1.54) is 0 Å². The number of hydrogen-bond donors (Lipinski definition) is 1.